The molecule has 3 unspecified atom stereocenters. The molecule has 0 aliphatic carbocycles. The van der Waals surface area contributed by atoms with Crippen molar-refractivity contribution in [2.75, 3.05) is 39.6 Å². The molecule has 17 nitrogen and oxygen atoms in total. The lowest BCUT2D eigenvalue weighted by atomic mass is 10.00. The van der Waals surface area contributed by atoms with Crippen molar-refractivity contribution in [1.29, 1.82) is 0 Å². The van der Waals surface area contributed by atoms with Crippen molar-refractivity contribution < 1.29 is 80.2 Å². The van der Waals surface area contributed by atoms with Crippen LogP contribution in [0.4, 0.5) is 0 Å². The van der Waals surface area contributed by atoms with E-state index in [-0.39, 0.29) is 25.7 Å². The molecule has 6 atom stereocenters. The second-order valence-corrected chi connectivity index (χ2v) is 29.0. The minimum atomic E-state index is -4.95. The van der Waals surface area contributed by atoms with Gasteiger partial charge in [0, 0.05) is 25.7 Å². The first-order valence-corrected chi connectivity index (χ1v) is 38.9. The van der Waals surface area contributed by atoms with E-state index in [4.69, 9.17) is 37.0 Å². The number of aliphatic hydroxyl groups excluding tert-OH is 1. The minimum absolute atomic E-state index is 0.104. The number of carbonyl (C=O) groups is 4. The van der Waals surface area contributed by atoms with Gasteiger partial charge in [0.25, 0.3) is 0 Å². The number of phosphoric ester groups is 2. The van der Waals surface area contributed by atoms with Crippen LogP contribution < -0.4 is 0 Å². The van der Waals surface area contributed by atoms with Gasteiger partial charge in [-0.2, -0.15) is 0 Å². The highest BCUT2D eigenvalue weighted by Crippen LogP contribution is 2.45. The third-order valence-electron chi connectivity index (χ3n) is 16.2. The largest absolute Gasteiger partial charge is 0.472 e. The summed E-state index contributed by atoms with van der Waals surface area (Å²) in [4.78, 5) is 72.5. The summed E-state index contributed by atoms with van der Waals surface area (Å²) in [6, 6.07) is 0. The van der Waals surface area contributed by atoms with Crippen LogP contribution in [0.2, 0.25) is 0 Å². The monoisotopic (exact) mass is 1300 g/mol. The lowest BCUT2D eigenvalue weighted by molar-refractivity contribution is -0.161. The van der Waals surface area contributed by atoms with Crippen LogP contribution in [0, 0.1) is 17.8 Å². The molecular weight excluding hydrogens is 1160 g/mol. The third kappa shape index (κ3) is 61.6. The maximum atomic E-state index is 13.0. The Labute approximate surface area is 537 Å². The number of hydrogen-bond acceptors (Lipinski definition) is 15. The fourth-order valence-electron chi connectivity index (χ4n) is 10.3. The molecule has 0 aliphatic rings. The predicted molar refractivity (Wildman–Crippen MR) is 354 cm³/mol. The molecule has 522 valence electrons. The van der Waals surface area contributed by atoms with Gasteiger partial charge in [0.2, 0.25) is 0 Å². The van der Waals surface area contributed by atoms with Crippen LogP contribution in [0.25, 0.3) is 0 Å². The van der Waals surface area contributed by atoms with Crippen LogP contribution in [-0.2, 0) is 65.4 Å². The molecule has 0 saturated carbocycles. The molecule has 0 spiro atoms. The number of rotatable bonds is 67. The average molecular weight is 1300 g/mol. The summed E-state index contributed by atoms with van der Waals surface area (Å²) in [5.74, 6) is 0.0908. The van der Waals surface area contributed by atoms with Crippen molar-refractivity contribution in [3.63, 3.8) is 0 Å². The second-order valence-electron chi connectivity index (χ2n) is 26.1. The number of aliphatic hydroxyl groups is 1. The first-order chi connectivity index (χ1) is 42.3. The van der Waals surface area contributed by atoms with Crippen LogP contribution in [0.3, 0.4) is 0 Å². The molecule has 0 rings (SSSR count). The van der Waals surface area contributed by atoms with Crippen molar-refractivity contribution in [3.8, 4) is 0 Å². The van der Waals surface area contributed by atoms with Crippen LogP contribution >= 0.6 is 15.6 Å². The molecule has 88 heavy (non-hydrogen) atoms. The summed E-state index contributed by atoms with van der Waals surface area (Å²) >= 11 is 0. The summed E-state index contributed by atoms with van der Waals surface area (Å²) in [7, 11) is -9.90. The Bertz CT molecular complexity index is 1730. The van der Waals surface area contributed by atoms with E-state index in [1.807, 2.05) is 0 Å². The zero-order chi connectivity index (χ0) is 65.2. The van der Waals surface area contributed by atoms with Gasteiger partial charge in [0.15, 0.2) is 12.2 Å². The summed E-state index contributed by atoms with van der Waals surface area (Å²) < 4.78 is 68.2. The maximum Gasteiger partial charge on any atom is 0.472 e. The van der Waals surface area contributed by atoms with Crippen molar-refractivity contribution in [1.82, 2.24) is 0 Å². The zero-order valence-electron chi connectivity index (χ0n) is 57.2. The molecule has 0 aromatic heterocycles. The molecule has 0 amide bonds. The van der Waals surface area contributed by atoms with E-state index in [9.17, 15) is 43.2 Å². The Balaban J connectivity index is 5.26. The topological polar surface area (TPSA) is 237 Å². The van der Waals surface area contributed by atoms with E-state index in [0.29, 0.717) is 25.7 Å². The number of unbranched alkanes of at least 4 members (excludes halogenated alkanes) is 34. The highest BCUT2D eigenvalue weighted by atomic mass is 31.2. The van der Waals surface area contributed by atoms with Crippen molar-refractivity contribution in [2.24, 2.45) is 17.8 Å². The van der Waals surface area contributed by atoms with E-state index in [1.165, 1.54) is 148 Å². The standard InChI is InChI=1S/C69H134O17P2/c1-8-10-11-12-13-14-15-16-17-23-28-36-43-50-66(71)79-56-64(85-68(73)52-45-38-29-24-19-18-21-26-33-40-47-60(3)4)58-83-87(75,76)81-54-63(70)55-82-88(77,78)84-59-65(57-80-67(72)51-44-37-32-31-35-42-49-62(7)9-2)86-69(74)53-46-39-30-25-20-22-27-34-41-48-61(5)6/h60-65,70H,8-59H2,1-7H3,(H,75,76)(H,77,78)/t62?,63-,64-,65-/m1/s1. The Morgan fingerprint density at radius 2 is 0.580 bits per heavy atom. The van der Waals surface area contributed by atoms with Crippen LogP contribution in [-0.4, -0.2) is 96.7 Å². The highest BCUT2D eigenvalue weighted by molar-refractivity contribution is 7.47. The van der Waals surface area contributed by atoms with Crippen molar-refractivity contribution >= 4 is 39.5 Å². The van der Waals surface area contributed by atoms with E-state index < -0.39 is 97.5 Å². The van der Waals surface area contributed by atoms with E-state index in [2.05, 4.69) is 48.5 Å². The van der Waals surface area contributed by atoms with Gasteiger partial charge in [-0.15, -0.1) is 0 Å². The van der Waals surface area contributed by atoms with Crippen LogP contribution in [0.1, 0.15) is 344 Å². The van der Waals surface area contributed by atoms with Crippen LogP contribution in [0.5, 0.6) is 0 Å². The fourth-order valence-corrected chi connectivity index (χ4v) is 11.9. The van der Waals surface area contributed by atoms with Gasteiger partial charge >= 0.3 is 39.5 Å². The lowest BCUT2D eigenvalue weighted by Crippen LogP contribution is -2.30. The predicted octanol–water partition coefficient (Wildman–Crippen LogP) is 19.5. The summed E-state index contributed by atoms with van der Waals surface area (Å²) in [6.45, 7) is 11.8. The molecule has 0 aliphatic heterocycles. The van der Waals surface area contributed by atoms with E-state index in [1.54, 1.807) is 0 Å². The van der Waals surface area contributed by atoms with Gasteiger partial charge in [-0.05, 0) is 43.4 Å². The third-order valence-corrected chi connectivity index (χ3v) is 18.1. The average Bonchev–Trinajstić information content (AvgIpc) is 3.57. The molecule has 0 bridgehead atoms. The van der Waals surface area contributed by atoms with Gasteiger partial charge in [-0.3, -0.25) is 37.3 Å². The molecule has 0 saturated heterocycles. The first-order valence-electron chi connectivity index (χ1n) is 35.9. The SMILES string of the molecule is CCCCCCCCCCCCCCCC(=O)OC[C@H](COP(=O)(O)OC[C@@H](O)COP(=O)(O)OC[C@@H](COC(=O)CCCCCCCCC(C)CC)OC(=O)CCCCCCCCCCCC(C)C)OC(=O)CCCCCCCCCCCCC(C)C. The first kappa shape index (κ1) is 86.1. The van der Waals surface area contributed by atoms with Gasteiger partial charge in [-0.1, -0.05) is 292 Å². The Kier molecular flexibility index (Phi) is 58.7. The molecule has 3 N–H and O–H groups in total. The quantitative estimate of drug-likeness (QED) is 0.0222. The molecular formula is C69H134O17P2. The maximum absolute atomic E-state index is 13.0. The van der Waals surface area contributed by atoms with Gasteiger partial charge in [0.1, 0.15) is 19.3 Å². The number of hydrogen-bond donors (Lipinski definition) is 3. The molecule has 0 aromatic carbocycles. The summed E-state index contributed by atoms with van der Waals surface area (Å²) in [6.07, 6.45) is 43.0. The van der Waals surface area contributed by atoms with Crippen LogP contribution in [0.15, 0.2) is 0 Å². The van der Waals surface area contributed by atoms with Gasteiger partial charge in [0.05, 0.1) is 26.4 Å². The number of ether oxygens (including phenoxy) is 4. The van der Waals surface area contributed by atoms with E-state index >= 15 is 0 Å². The smallest absolute Gasteiger partial charge is 0.462 e. The molecule has 0 heterocycles. The Morgan fingerprint density at radius 3 is 0.864 bits per heavy atom. The Hall–Kier alpha value is -1.94. The number of carbonyl (C=O) groups excluding carboxylic acids is 4. The van der Waals surface area contributed by atoms with Gasteiger partial charge < -0.3 is 33.8 Å². The summed E-state index contributed by atoms with van der Waals surface area (Å²) in [5, 5.41) is 10.6. The fraction of sp³-hybridized carbons (Fsp3) is 0.942. The minimum Gasteiger partial charge on any atom is -0.462 e. The zero-order valence-corrected chi connectivity index (χ0v) is 59.0. The van der Waals surface area contributed by atoms with Gasteiger partial charge in [-0.25, -0.2) is 9.13 Å². The van der Waals surface area contributed by atoms with Crippen molar-refractivity contribution in [2.45, 2.75) is 362 Å². The molecule has 0 aromatic rings. The van der Waals surface area contributed by atoms with E-state index in [0.717, 1.165) is 114 Å². The Morgan fingerprint density at radius 1 is 0.330 bits per heavy atom. The summed E-state index contributed by atoms with van der Waals surface area (Å²) in [5.41, 5.74) is 0. The second kappa shape index (κ2) is 60.0. The number of esters is 4. The highest BCUT2D eigenvalue weighted by Gasteiger charge is 2.30. The molecule has 0 radical (unpaired) electrons. The normalized spacial score (nSPS) is 14.5. The lowest BCUT2D eigenvalue weighted by Gasteiger charge is -2.21. The molecule has 19 heteroatoms. The number of phosphoric acid groups is 2. The molecule has 0 fully saturated rings. The van der Waals surface area contributed by atoms with Crippen molar-refractivity contribution in [3.05, 3.63) is 0 Å².